The Morgan fingerprint density at radius 1 is 1.31 bits per heavy atom. The smallest absolute Gasteiger partial charge is 0.237 e. The number of aliphatic hydroxyl groups excluding tert-OH is 4. The molecule has 2 saturated heterocycles. The van der Waals surface area contributed by atoms with Crippen LogP contribution in [0.4, 0.5) is 0 Å². The summed E-state index contributed by atoms with van der Waals surface area (Å²) in [5, 5.41) is 42.4. The predicted octanol–water partition coefficient (Wildman–Crippen LogP) is -0.248. The Kier molecular flexibility index (Phi) is 9.95. The maximum Gasteiger partial charge on any atom is 0.237 e. The maximum atomic E-state index is 13.1. The quantitative estimate of drug-likeness (QED) is 0.302. The maximum absolute atomic E-state index is 13.1. The summed E-state index contributed by atoms with van der Waals surface area (Å²) in [6.07, 6.45) is -0.490. The van der Waals surface area contributed by atoms with Crippen LogP contribution in [0, 0.1) is 5.92 Å². The minimum absolute atomic E-state index is 0.0259. The Hall–Kier alpha value is -0.130. The number of likely N-dealkylation sites (tertiary alicyclic amines) is 1. The van der Waals surface area contributed by atoms with Crippen LogP contribution < -0.4 is 5.32 Å². The first-order valence-electron chi connectivity index (χ1n) is 10.3. The molecule has 0 spiro atoms. The predicted molar refractivity (Wildman–Crippen MR) is 113 cm³/mol. The van der Waals surface area contributed by atoms with E-state index in [-0.39, 0.29) is 18.6 Å². The van der Waals surface area contributed by atoms with Gasteiger partial charge in [0, 0.05) is 13.1 Å². The number of nitrogens with one attached hydrogen (secondary N) is 1. The minimum Gasteiger partial charge on any atom is -0.395 e. The molecular formula is C19H35ClN2O6S. The third-order valence-corrected chi connectivity index (χ3v) is 7.00. The number of ether oxygens (including phenoxy) is 1. The number of nitrogens with zero attached hydrogens (tertiary/aromatic N) is 1. The second-order valence-electron chi connectivity index (χ2n) is 8.01. The van der Waals surface area contributed by atoms with E-state index in [4.69, 9.17) is 16.3 Å². The average molecular weight is 455 g/mol. The lowest BCUT2D eigenvalue weighted by molar-refractivity contribution is -0.205. The summed E-state index contributed by atoms with van der Waals surface area (Å²) in [6, 6.07) is -1.14. The third kappa shape index (κ3) is 5.98. The van der Waals surface area contributed by atoms with E-state index in [1.165, 1.54) is 11.8 Å². The van der Waals surface area contributed by atoms with Gasteiger partial charge < -0.3 is 30.5 Å². The minimum atomic E-state index is -1.40. The lowest BCUT2D eigenvalue weighted by atomic mass is 9.92. The summed E-state index contributed by atoms with van der Waals surface area (Å²) in [6.45, 7) is 4.95. The molecule has 9 unspecified atom stereocenters. The van der Waals surface area contributed by atoms with Crippen molar-refractivity contribution >= 4 is 29.3 Å². The van der Waals surface area contributed by atoms with E-state index in [0.717, 1.165) is 19.4 Å². The molecule has 2 rings (SSSR count). The van der Waals surface area contributed by atoms with Crippen molar-refractivity contribution < 1.29 is 30.0 Å². The Morgan fingerprint density at radius 3 is 2.55 bits per heavy atom. The van der Waals surface area contributed by atoms with Crippen LogP contribution in [0.15, 0.2) is 0 Å². The van der Waals surface area contributed by atoms with Crippen molar-refractivity contribution in [1.29, 1.82) is 0 Å². The van der Waals surface area contributed by atoms with Crippen molar-refractivity contribution in [3.8, 4) is 0 Å². The van der Waals surface area contributed by atoms with Crippen LogP contribution in [-0.2, 0) is 9.53 Å². The van der Waals surface area contributed by atoms with Gasteiger partial charge in [0.25, 0.3) is 0 Å². The fraction of sp³-hybridized carbons (Fsp3) is 0.947. The Morgan fingerprint density at radius 2 is 2.00 bits per heavy atom. The summed E-state index contributed by atoms with van der Waals surface area (Å²) in [5.74, 6) is 0.162. The van der Waals surface area contributed by atoms with Gasteiger partial charge >= 0.3 is 0 Å². The van der Waals surface area contributed by atoms with Gasteiger partial charge in [-0.05, 0) is 31.9 Å². The molecule has 8 nitrogen and oxygen atoms in total. The number of halogens is 1. The molecule has 0 aromatic carbocycles. The third-order valence-electron chi connectivity index (χ3n) is 5.87. The number of hydrogen-bond donors (Lipinski definition) is 5. The van der Waals surface area contributed by atoms with E-state index in [2.05, 4.69) is 12.2 Å². The first-order valence-corrected chi connectivity index (χ1v) is 12.0. The molecule has 2 fully saturated rings. The summed E-state index contributed by atoms with van der Waals surface area (Å²) in [5.41, 5.74) is -0.737. The molecule has 0 aliphatic carbocycles. The molecule has 5 N–H and O–H groups in total. The number of rotatable bonds is 9. The highest BCUT2D eigenvalue weighted by Gasteiger charge is 2.48. The topological polar surface area (TPSA) is 122 Å². The monoisotopic (exact) mass is 454 g/mol. The van der Waals surface area contributed by atoms with Crippen molar-refractivity contribution in [1.82, 2.24) is 10.2 Å². The van der Waals surface area contributed by atoms with Crippen LogP contribution in [-0.4, -0.2) is 104 Å². The van der Waals surface area contributed by atoms with Crippen LogP contribution in [0.2, 0.25) is 0 Å². The summed E-state index contributed by atoms with van der Waals surface area (Å²) in [4.78, 5) is 15.1. The molecule has 0 saturated carbocycles. The number of alkyl halides is 1. The lowest BCUT2D eigenvalue weighted by Crippen LogP contribution is -2.65. The first kappa shape index (κ1) is 25.1. The van der Waals surface area contributed by atoms with Gasteiger partial charge in [-0.1, -0.05) is 13.3 Å². The zero-order chi connectivity index (χ0) is 21.7. The van der Waals surface area contributed by atoms with Crippen LogP contribution in [0.5, 0.6) is 0 Å². The second kappa shape index (κ2) is 11.5. The highest BCUT2D eigenvalue weighted by molar-refractivity contribution is 7.99. The fourth-order valence-electron chi connectivity index (χ4n) is 4.35. The van der Waals surface area contributed by atoms with E-state index in [1.54, 1.807) is 13.2 Å². The largest absolute Gasteiger partial charge is 0.395 e. The molecule has 1 amide bonds. The van der Waals surface area contributed by atoms with Gasteiger partial charge in [-0.2, -0.15) is 0 Å². The number of thioether (sulfide) groups is 1. The van der Waals surface area contributed by atoms with Crippen LogP contribution in [0.1, 0.15) is 33.1 Å². The molecule has 29 heavy (non-hydrogen) atoms. The Balaban J connectivity index is 2.13. The standard InChI is InChI=1S/C19H35ClN2O6S/c1-4-5-11-8-12(22(9-11)6-7-23)18(27)21-13(10(2)20)17-15(25)14(24)16(26)19(28-17)29-3/h10-17,19,23-26H,4-9H2,1-3H3,(H,21,27). The summed E-state index contributed by atoms with van der Waals surface area (Å²) in [7, 11) is 0. The van der Waals surface area contributed by atoms with E-state index in [9.17, 15) is 25.2 Å². The number of hydrogen-bond acceptors (Lipinski definition) is 8. The first-order chi connectivity index (χ1) is 13.7. The number of carbonyl (C=O) groups excluding carboxylic acids is 1. The second-order valence-corrected chi connectivity index (χ2v) is 9.64. The van der Waals surface area contributed by atoms with Gasteiger partial charge in [0.1, 0.15) is 29.9 Å². The van der Waals surface area contributed by atoms with Crippen molar-refractivity contribution in [2.45, 2.75) is 80.4 Å². The average Bonchev–Trinajstić information content (AvgIpc) is 3.08. The van der Waals surface area contributed by atoms with E-state index < -0.39 is 41.3 Å². The molecule has 0 radical (unpaired) electrons. The molecule has 170 valence electrons. The molecule has 2 aliphatic heterocycles. The van der Waals surface area contributed by atoms with Gasteiger partial charge in [-0.3, -0.25) is 9.69 Å². The number of aliphatic hydroxyl groups is 4. The van der Waals surface area contributed by atoms with Crippen LogP contribution in [0.3, 0.4) is 0 Å². The summed E-state index contributed by atoms with van der Waals surface area (Å²) >= 11 is 7.55. The van der Waals surface area contributed by atoms with E-state index in [1.807, 2.05) is 4.90 Å². The van der Waals surface area contributed by atoms with Crippen molar-refractivity contribution in [3.05, 3.63) is 0 Å². The molecule has 0 aromatic rings. The van der Waals surface area contributed by atoms with Gasteiger partial charge in [0.2, 0.25) is 5.91 Å². The number of β-amino-alcohol motifs (C(OH)–C–C–N with tert-alkyl or cyclic N) is 1. The van der Waals surface area contributed by atoms with Gasteiger partial charge in [-0.15, -0.1) is 23.4 Å². The van der Waals surface area contributed by atoms with Crippen LogP contribution in [0.25, 0.3) is 0 Å². The molecule has 0 aromatic heterocycles. The van der Waals surface area contributed by atoms with Gasteiger partial charge in [-0.25, -0.2) is 0 Å². The van der Waals surface area contributed by atoms with Crippen LogP contribution >= 0.6 is 23.4 Å². The van der Waals surface area contributed by atoms with E-state index in [0.29, 0.717) is 18.9 Å². The van der Waals surface area contributed by atoms with Crippen molar-refractivity contribution in [2.24, 2.45) is 5.92 Å². The SMILES string of the molecule is CCCC1CC(C(=O)NC(C(C)Cl)C2OC(SC)C(O)C(O)C2O)N(CCO)C1. The Bertz CT molecular complexity index is 529. The number of carbonyl (C=O) groups is 1. The Labute approximate surface area is 181 Å². The highest BCUT2D eigenvalue weighted by Crippen LogP contribution is 2.31. The molecule has 0 bridgehead atoms. The zero-order valence-corrected chi connectivity index (χ0v) is 18.8. The summed E-state index contributed by atoms with van der Waals surface area (Å²) < 4.78 is 5.80. The molecule has 9 atom stereocenters. The lowest BCUT2D eigenvalue weighted by Gasteiger charge is -2.44. The molecule has 2 heterocycles. The zero-order valence-electron chi connectivity index (χ0n) is 17.3. The highest BCUT2D eigenvalue weighted by atomic mass is 35.5. The van der Waals surface area contributed by atoms with E-state index >= 15 is 0 Å². The van der Waals surface area contributed by atoms with Crippen molar-refractivity contribution in [3.63, 3.8) is 0 Å². The normalized spacial score (nSPS) is 38.0. The molecule has 2 aliphatic rings. The van der Waals surface area contributed by atoms with Gasteiger partial charge in [0.05, 0.1) is 24.1 Å². The van der Waals surface area contributed by atoms with Gasteiger partial charge in [0.15, 0.2) is 0 Å². The number of amides is 1. The molecule has 10 heteroatoms. The van der Waals surface area contributed by atoms with Crippen molar-refractivity contribution in [2.75, 3.05) is 26.0 Å². The molecular weight excluding hydrogens is 420 g/mol. The fourth-order valence-corrected chi connectivity index (χ4v) is 5.23.